The minimum absolute atomic E-state index is 0.0885. The Labute approximate surface area is 115 Å². The van der Waals surface area contributed by atoms with Gasteiger partial charge in [-0.05, 0) is 0 Å². The maximum atomic E-state index is 11.3. The lowest BCUT2D eigenvalue weighted by Crippen LogP contribution is -2.00. The van der Waals surface area contributed by atoms with Crippen molar-refractivity contribution in [1.82, 2.24) is 4.98 Å². The minimum Gasteiger partial charge on any atom is -0.477 e. The molecule has 0 saturated heterocycles. The van der Waals surface area contributed by atoms with Crippen LogP contribution in [-0.2, 0) is 4.74 Å². The predicted octanol–water partition coefficient (Wildman–Crippen LogP) is 3.26. The first kappa shape index (κ1) is 13.7. The third-order valence-electron chi connectivity index (χ3n) is 2.72. The van der Waals surface area contributed by atoms with E-state index in [4.69, 9.17) is 4.74 Å². The molecule has 1 N–H and O–H groups in total. The third-order valence-corrected chi connectivity index (χ3v) is 4.00. The zero-order valence-electron chi connectivity index (χ0n) is 10.8. The van der Waals surface area contributed by atoms with E-state index in [9.17, 15) is 9.90 Å². The van der Waals surface area contributed by atoms with Crippen molar-refractivity contribution in [3.05, 3.63) is 40.2 Å². The van der Waals surface area contributed by atoms with E-state index in [1.807, 2.05) is 37.3 Å². The molecule has 19 heavy (non-hydrogen) atoms. The van der Waals surface area contributed by atoms with Gasteiger partial charge in [-0.25, -0.2) is 9.78 Å². The summed E-state index contributed by atoms with van der Waals surface area (Å²) in [7, 11) is 1.63. The summed E-state index contributed by atoms with van der Waals surface area (Å²) >= 11 is 1.22. The molecule has 0 aliphatic carbocycles. The summed E-state index contributed by atoms with van der Waals surface area (Å²) in [5.41, 5.74) is 1.36. The van der Waals surface area contributed by atoms with Gasteiger partial charge < -0.3 is 9.84 Å². The average Bonchev–Trinajstić information content (AvgIpc) is 2.85. The molecular formula is C14H15NO3S. The molecular weight excluding hydrogens is 262 g/mol. The van der Waals surface area contributed by atoms with Gasteiger partial charge in [-0.1, -0.05) is 37.3 Å². The SMILES string of the molecule is COCC(C)c1nc(-c2ccccc2)c(C(=O)O)s1. The molecule has 1 heterocycles. The number of benzene rings is 1. The number of aromatic nitrogens is 1. The Morgan fingerprint density at radius 3 is 2.68 bits per heavy atom. The van der Waals surface area contributed by atoms with Gasteiger partial charge in [-0.3, -0.25) is 0 Å². The molecule has 1 aromatic heterocycles. The van der Waals surface area contributed by atoms with Crippen LogP contribution in [0.4, 0.5) is 0 Å². The van der Waals surface area contributed by atoms with Crippen LogP contribution in [-0.4, -0.2) is 29.8 Å². The number of methoxy groups -OCH3 is 1. The van der Waals surface area contributed by atoms with E-state index in [0.717, 1.165) is 10.6 Å². The second kappa shape index (κ2) is 5.95. The van der Waals surface area contributed by atoms with E-state index < -0.39 is 5.97 Å². The highest BCUT2D eigenvalue weighted by Gasteiger charge is 2.21. The first-order chi connectivity index (χ1) is 9.13. The molecule has 0 amide bonds. The fourth-order valence-corrected chi connectivity index (χ4v) is 2.77. The summed E-state index contributed by atoms with van der Waals surface area (Å²) in [6.07, 6.45) is 0. The summed E-state index contributed by atoms with van der Waals surface area (Å²) in [6.45, 7) is 2.50. The van der Waals surface area contributed by atoms with Crippen molar-refractivity contribution in [2.45, 2.75) is 12.8 Å². The molecule has 2 rings (SSSR count). The van der Waals surface area contributed by atoms with Crippen molar-refractivity contribution >= 4 is 17.3 Å². The number of hydrogen-bond acceptors (Lipinski definition) is 4. The van der Waals surface area contributed by atoms with Crippen LogP contribution in [0.5, 0.6) is 0 Å². The minimum atomic E-state index is -0.938. The van der Waals surface area contributed by atoms with Gasteiger partial charge in [-0.2, -0.15) is 0 Å². The van der Waals surface area contributed by atoms with Crippen molar-refractivity contribution in [3.8, 4) is 11.3 Å². The van der Waals surface area contributed by atoms with E-state index in [2.05, 4.69) is 4.98 Å². The van der Waals surface area contributed by atoms with Gasteiger partial charge in [-0.15, -0.1) is 11.3 Å². The molecule has 1 aromatic carbocycles. The van der Waals surface area contributed by atoms with E-state index in [-0.39, 0.29) is 10.8 Å². The number of thiazole rings is 1. The van der Waals surface area contributed by atoms with Gasteiger partial charge in [0.2, 0.25) is 0 Å². The van der Waals surface area contributed by atoms with Crippen LogP contribution in [0.15, 0.2) is 30.3 Å². The quantitative estimate of drug-likeness (QED) is 0.911. The largest absolute Gasteiger partial charge is 0.477 e. The first-order valence-corrected chi connectivity index (χ1v) is 6.73. The average molecular weight is 277 g/mol. The molecule has 0 radical (unpaired) electrons. The zero-order valence-corrected chi connectivity index (χ0v) is 11.6. The lowest BCUT2D eigenvalue weighted by Gasteiger charge is -2.05. The zero-order chi connectivity index (χ0) is 13.8. The van der Waals surface area contributed by atoms with Gasteiger partial charge in [0, 0.05) is 18.6 Å². The molecule has 0 saturated carbocycles. The van der Waals surface area contributed by atoms with Gasteiger partial charge in [0.15, 0.2) is 0 Å². The van der Waals surface area contributed by atoms with Crippen molar-refractivity contribution in [1.29, 1.82) is 0 Å². The van der Waals surface area contributed by atoms with Gasteiger partial charge in [0.25, 0.3) is 0 Å². The Kier molecular flexibility index (Phi) is 4.29. The van der Waals surface area contributed by atoms with Crippen LogP contribution in [0.1, 0.15) is 27.5 Å². The fourth-order valence-electron chi connectivity index (χ4n) is 1.81. The van der Waals surface area contributed by atoms with E-state index >= 15 is 0 Å². The number of aromatic carboxylic acids is 1. The summed E-state index contributed by atoms with van der Waals surface area (Å²) in [6, 6.07) is 9.38. The molecule has 0 aliphatic heterocycles. The molecule has 1 atom stereocenters. The number of ether oxygens (including phenoxy) is 1. The fraction of sp³-hybridized carbons (Fsp3) is 0.286. The van der Waals surface area contributed by atoms with Gasteiger partial charge in [0.05, 0.1) is 17.3 Å². The number of carboxylic acid groups (broad SMARTS) is 1. The van der Waals surface area contributed by atoms with Crippen molar-refractivity contribution in [2.24, 2.45) is 0 Å². The maximum Gasteiger partial charge on any atom is 0.348 e. The highest BCUT2D eigenvalue weighted by molar-refractivity contribution is 7.14. The van der Waals surface area contributed by atoms with Crippen LogP contribution in [0.2, 0.25) is 0 Å². The molecule has 100 valence electrons. The number of carboxylic acids is 1. The number of nitrogens with zero attached hydrogens (tertiary/aromatic N) is 1. The molecule has 4 nitrogen and oxygen atoms in total. The van der Waals surface area contributed by atoms with Crippen LogP contribution in [0.25, 0.3) is 11.3 Å². The highest BCUT2D eigenvalue weighted by Crippen LogP contribution is 2.31. The Bertz CT molecular complexity index is 565. The second-order valence-electron chi connectivity index (χ2n) is 4.26. The highest BCUT2D eigenvalue weighted by atomic mass is 32.1. The molecule has 0 aliphatic rings. The Hall–Kier alpha value is -1.72. The van der Waals surface area contributed by atoms with Crippen LogP contribution >= 0.6 is 11.3 Å². The molecule has 2 aromatic rings. The summed E-state index contributed by atoms with van der Waals surface area (Å²) < 4.78 is 5.09. The first-order valence-electron chi connectivity index (χ1n) is 5.92. The van der Waals surface area contributed by atoms with Crippen LogP contribution < -0.4 is 0 Å². The number of hydrogen-bond donors (Lipinski definition) is 1. The normalized spacial score (nSPS) is 12.3. The van der Waals surface area contributed by atoms with Gasteiger partial charge >= 0.3 is 5.97 Å². The molecule has 5 heteroatoms. The van der Waals surface area contributed by atoms with Crippen molar-refractivity contribution in [3.63, 3.8) is 0 Å². The molecule has 0 bridgehead atoms. The molecule has 1 unspecified atom stereocenters. The second-order valence-corrected chi connectivity index (χ2v) is 5.29. The predicted molar refractivity (Wildman–Crippen MR) is 74.8 cm³/mol. The maximum absolute atomic E-state index is 11.3. The molecule has 0 fully saturated rings. The van der Waals surface area contributed by atoms with Crippen LogP contribution in [0.3, 0.4) is 0 Å². The van der Waals surface area contributed by atoms with Crippen molar-refractivity contribution in [2.75, 3.05) is 13.7 Å². The summed E-state index contributed by atoms with van der Waals surface area (Å²) in [5.74, 6) is -0.849. The summed E-state index contributed by atoms with van der Waals surface area (Å²) in [5, 5.41) is 10.1. The Morgan fingerprint density at radius 2 is 2.11 bits per heavy atom. The lowest BCUT2D eigenvalue weighted by molar-refractivity contribution is 0.0702. The van der Waals surface area contributed by atoms with Crippen LogP contribution in [0, 0.1) is 0 Å². The molecule has 0 spiro atoms. The Balaban J connectivity index is 2.45. The standard InChI is InChI=1S/C14H15NO3S/c1-9(8-18-2)13-15-11(12(19-13)14(16)17)10-6-4-3-5-7-10/h3-7,9H,8H2,1-2H3,(H,16,17). The van der Waals surface area contributed by atoms with E-state index in [1.54, 1.807) is 7.11 Å². The lowest BCUT2D eigenvalue weighted by atomic mass is 10.1. The topological polar surface area (TPSA) is 59.4 Å². The smallest absolute Gasteiger partial charge is 0.348 e. The monoisotopic (exact) mass is 277 g/mol. The number of rotatable bonds is 5. The number of carbonyl (C=O) groups is 1. The third kappa shape index (κ3) is 3.00. The van der Waals surface area contributed by atoms with E-state index in [0.29, 0.717) is 12.3 Å². The van der Waals surface area contributed by atoms with Gasteiger partial charge in [0.1, 0.15) is 4.88 Å². The Morgan fingerprint density at radius 1 is 1.42 bits per heavy atom. The summed E-state index contributed by atoms with van der Waals surface area (Å²) in [4.78, 5) is 16.1. The van der Waals surface area contributed by atoms with E-state index in [1.165, 1.54) is 11.3 Å². The van der Waals surface area contributed by atoms with Crippen molar-refractivity contribution < 1.29 is 14.6 Å².